The predicted molar refractivity (Wildman–Crippen MR) is 146 cm³/mol. The average Bonchev–Trinajstić information content (AvgIpc) is 3.20. The van der Waals surface area contributed by atoms with E-state index in [0.29, 0.717) is 48.2 Å². The van der Waals surface area contributed by atoms with Crippen LogP contribution in [0.1, 0.15) is 11.4 Å². The Bertz CT molecular complexity index is 1600. The number of halogens is 1. The summed E-state index contributed by atoms with van der Waals surface area (Å²) in [6.45, 7) is 0.00598. The van der Waals surface area contributed by atoms with Crippen LogP contribution in [0.15, 0.2) is 76.4 Å². The van der Waals surface area contributed by atoms with Crippen molar-refractivity contribution in [1.82, 2.24) is 14.9 Å². The number of nitrogens with zero attached hydrogens (tertiary/aromatic N) is 2. The molecular weight excluding hydrogens is 518 g/mol. The Kier molecular flexibility index (Phi) is 6.77. The molecule has 0 spiro atoms. The number of benzene rings is 3. The van der Waals surface area contributed by atoms with Gasteiger partial charge in [-0.05, 0) is 60.2 Å². The van der Waals surface area contributed by atoms with Crippen LogP contribution in [0.3, 0.4) is 0 Å². The molecule has 1 saturated heterocycles. The first-order valence-electron chi connectivity index (χ1n) is 10.8. The first-order valence-corrected chi connectivity index (χ1v) is 12.4. The number of rotatable bonds is 6. The molecule has 1 amide bonds. The first kappa shape index (κ1) is 24.1. The Morgan fingerprint density at radius 1 is 1.08 bits per heavy atom. The Morgan fingerprint density at radius 3 is 2.58 bits per heavy atom. The van der Waals surface area contributed by atoms with E-state index in [9.17, 15) is 9.59 Å². The lowest BCUT2D eigenvalue weighted by Gasteiger charge is -2.16. The second kappa shape index (κ2) is 10.1. The van der Waals surface area contributed by atoms with Crippen molar-refractivity contribution in [2.45, 2.75) is 6.61 Å². The van der Waals surface area contributed by atoms with Crippen molar-refractivity contribution in [2.75, 3.05) is 7.11 Å². The second-order valence-electron chi connectivity index (χ2n) is 7.71. The highest BCUT2D eigenvalue weighted by molar-refractivity contribution is 8.26. The molecule has 180 valence electrons. The summed E-state index contributed by atoms with van der Waals surface area (Å²) in [5, 5.41) is 3.66. The van der Waals surface area contributed by atoms with Gasteiger partial charge in [0.05, 0.1) is 28.6 Å². The third-order valence-electron chi connectivity index (χ3n) is 5.41. The molecule has 1 aliphatic rings. The Labute approximate surface area is 220 Å². The molecule has 0 radical (unpaired) electrons. The molecule has 0 unspecified atom stereocenters. The normalized spacial score (nSPS) is 14.3. The van der Waals surface area contributed by atoms with E-state index >= 15 is 0 Å². The van der Waals surface area contributed by atoms with Crippen LogP contribution in [0.2, 0.25) is 5.02 Å². The molecule has 0 aliphatic carbocycles. The van der Waals surface area contributed by atoms with Crippen LogP contribution in [0.5, 0.6) is 11.5 Å². The smallest absolute Gasteiger partial charge is 0.266 e. The van der Waals surface area contributed by atoms with Crippen molar-refractivity contribution in [3.63, 3.8) is 0 Å². The predicted octanol–water partition coefficient (Wildman–Crippen LogP) is 5.12. The molecule has 0 atom stereocenters. The minimum atomic E-state index is -0.230. The van der Waals surface area contributed by atoms with Crippen molar-refractivity contribution in [1.29, 1.82) is 0 Å². The van der Waals surface area contributed by atoms with Crippen LogP contribution in [0, 0.1) is 0 Å². The van der Waals surface area contributed by atoms with Gasteiger partial charge < -0.3 is 14.8 Å². The van der Waals surface area contributed by atoms with E-state index in [1.165, 1.54) is 23.4 Å². The van der Waals surface area contributed by atoms with Gasteiger partial charge in [0, 0.05) is 5.02 Å². The maximum atomic E-state index is 13.4. The fraction of sp³-hybridized carbons (Fsp3) is 0.0769. The zero-order valence-corrected chi connectivity index (χ0v) is 21.2. The molecule has 1 N–H and O–H groups in total. The zero-order chi connectivity index (χ0) is 25.2. The van der Waals surface area contributed by atoms with Crippen molar-refractivity contribution < 1.29 is 14.3 Å². The van der Waals surface area contributed by atoms with Crippen LogP contribution in [0.4, 0.5) is 0 Å². The number of fused-ring (bicyclic) bond motifs is 1. The second-order valence-corrected chi connectivity index (χ2v) is 9.87. The number of thioether (sulfide) groups is 1. The number of nitrogens with one attached hydrogen (secondary N) is 1. The van der Waals surface area contributed by atoms with Gasteiger partial charge >= 0.3 is 0 Å². The summed E-state index contributed by atoms with van der Waals surface area (Å²) in [6.07, 6.45) is 1.73. The van der Waals surface area contributed by atoms with Crippen LogP contribution in [0.25, 0.3) is 22.7 Å². The summed E-state index contributed by atoms with van der Waals surface area (Å²) in [6, 6.07) is 19.4. The van der Waals surface area contributed by atoms with Crippen molar-refractivity contribution in [3.05, 3.63) is 98.4 Å². The van der Waals surface area contributed by atoms with E-state index in [-0.39, 0.29) is 18.1 Å². The number of hydrogen-bond acceptors (Lipinski definition) is 7. The van der Waals surface area contributed by atoms with Gasteiger partial charge in [0.2, 0.25) is 0 Å². The number of methoxy groups -OCH3 is 1. The average molecular weight is 536 g/mol. The third kappa shape index (κ3) is 4.86. The number of hydrogen-bond donors (Lipinski definition) is 1. The van der Waals surface area contributed by atoms with Gasteiger partial charge in [-0.3, -0.25) is 14.2 Å². The first-order chi connectivity index (χ1) is 17.4. The summed E-state index contributed by atoms with van der Waals surface area (Å²) >= 11 is 12.3. The minimum absolute atomic E-state index is 0.00598. The van der Waals surface area contributed by atoms with Gasteiger partial charge in [0.25, 0.3) is 11.5 Å². The zero-order valence-electron chi connectivity index (χ0n) is 18.9. The highest BCUT2D eigenvalue weighted by Gasteiger charge is 2.22. The molecule has 4 aromatic rings. The third-order valence-corrected chi connectivity index (χ3v) is 6.83. The summed E-state index contributed by atoms with van der Waals surface area (Å²) in [4.78, 5) is 30.6. The Morgan fingerprint density at radius 2 is 1.86 bits per heavy atom. The van der Waals surface area contributed by atoms with Crippen LogP contribution in [-0.4, -0.2) is 26.9 Å². The number of amides is 1. The molecule has 5 rings (SSSR count). The standard InChI is InChI=1S/C26H18ClN3O4S2/c1-33-21-12-15(13-22-24(31)29-26(35)36-22)6-11-20(21)34-14-23-28-19-5-3-2-4-18(19)25(32)30(23)17-9-7-16(27)8-10-17/h2-13H,14H2,1H3,(H,29,31,35). The van der Waals surface area contributed by atoms with Gasteiger partial charge in [0.15, 0.2) is 17.3 Å². The van der Waals surface area contributed by atoms with Gasteiger partial charge in [0.1, 0.15) is 10.9 Å². The lowest BCUT2D eigenvalue weighted by atomic mass is 10.2. The minimum Gasteiger partial charge on any atom is -0.493 e. The lowest BCUT2D eigenvalue weighted by molar-refractivity contribution is -0.115. The number of carbonyl (C=O) groups excluding carboxylic acids is 1. The highest BCUT2D eigenvalue weighted by Crippen LogP contribution is 2.32. The number of ether oxygens (including phenoxy) is 2. The van der Waals surface area contributed by atoms with Gasteiger partial charge in [-0.2, -0.15) is 0 Å². The van der Waals surface area contributed by atoms with Gasteiger partial charge in [-0.15, -0.1) is 0 Å². The molecule has 2 heterocycles. The molecule has 0 saturated carbocycles. The molecule has 3 aromatic carbocycles. The highest BCUT2D eigenvalue weighted by atomic mass is 35.5. The fourth-order valence-corrected chi connectivity index (χ4v) is 4.91. The quantitative estimate of drug-likeness (QED) is 0.271. The molecule has 36 heavy (non-hydrogen) atoms. The SMILES string of the molecule is COc1cc(C=C2SC(=S)NC2=O)ccc1OCc1nc2ccccc2c(=O)n1-c1ccc(Cl)cc1. The van der Waals surface area contributed by atoms with Crippen molar-refractivity contribution in [3.8, 4) is 17.2 Å². The van der Waals surface area contributed by atoms with E-state index in [4.69, 9.17) is 38.3 Å². The monoisotopic (exact) mass is 535 g/mol. The molecule has 0 bridgehead atoms. The summed E-state index contributed by atoms with van der Waals surface area (Å²) in [5.74, 6) is 1.12. The topological polar surface area (TPSA) is 82.5 Å². The van der Waals surface area contributed by atoms with Crippen LogP contribution >= 0.6 is 35.6 Å². The number of thiocarbonyl (C=S) groups is 1. The fourth-order valence-electron chi connectivity index (χ4n) is 3.74. The van der Waals surface area contributed by atoms with E-state index < -0.39 is 0 Å². The van der Waals surface area contributed by atoms with E-state index in [2.05, 4.69) is 5.32 Å². The molecule has 7 nitrogen and oxygen atoms in total. The van der Waals surface area contributed by atoms with Gasteiger partial charge in [-0.25, -0.2) is 4.98 Å². The summed E-state index contributed by atoms with van der Waals surface area (Å²) < 4.78 is 13.5. The van der Waals surface area contributed by atoms with Crippen molar-refractivity contribution in [2.24, 2.45) is 0 Å². The van der Waals surface area contributed by atoms with E-state index in [1.807, 2.05) is 6.07 Å². The number of carbonyl (C=O) groups is 1. The van der Waals surface area contributed by atoms with Crippen LogP contribution < -0.4 is 20.3 Å². The Hall–Kier alpha value is -3.66. The Balaban J connectivity index is 1.49. The molecule has 10 heteroatoms. The summed E-state index contributed by atoms with van der Waals surface area (Å²) in [5.41, 5.74) is 1.75. The molecule has 1 aromatic heterocycles. The molecule has 1 fully saturated rings. The molecule has 1 aliphatic heterocycles. The maximum absolute atomic E-state index is 13.4. The summed E-state index contributed by atoms with van der Waals surface area (Å²) in [7, 11) is 1.53. The number of para-hydroxylation sites is 1. The van der Waals surface area contributed by atoms with E-state index in [1.54, 1.807) is 66.7 Å². The van der Waals surface area contributed by atoms with E-state index in [0.717, 1.165) is 5.56 Å². The van der Waals surface area contributed by atoms with Gasteiger partial charge in [-0.1, -0.05) is 53.8 Å². The van der Waals surface area contributed by atoms with Crippen LogP contribution in [-0.2, 0) is 11.4 Å². The largest absolute Gasteiger partial charge is 0.493 e. The number of aromatic nitrogens is 2. The maximum Gasteiger partial charge on any atom is 0.266 e. The molecular formula is C26H18ClN3O4S2. The van der Waals surface area contributed by atoms with Crippen molar-refractivity contribution >= 4 is 62.8 Å². The lowest BCUT2D eigenvalue weighted by Crippen LogP contribution is -2.25.